The normalized spacial score (nSPS) is 10.2. The van der Waals surface area contributed by atoms with Gasteiger partial charge in [0.2, 0.25) is 0 Å². The van der Waals surface area contributed by atoms with E-state index >= 15 is 0 Å². The molecule has 0 fully saturated rings. The van der Waals surface area contributed by atoms with Gasteiger partial charge in [0.25, 0.3) is 0 Å². The second kappa shape index (κ2) is 6.66. The Labute approximate surface area is 88.3 Å². The standard InChI is InChI=1S/C10H13S.Li/c1-2-8-11-9-10-6-4-3-5-7-10;/h3-7H,1-2,8-9H2;. The van der Waals surface area contributed by atoms with Crippen molar-refractivity contribution in [2.45, 2.75) is 17.3 Å². The molecule has 2 heteroatoms. The van der Waals surface area contributed by atoms with Gasteiger partial charge in [-0.05, 0) is 0 Å². The molecule has 0 radical (unpaired) electrons. The molecule has 0 N–H and O–H groups in total. The van der Waals surface area contributed by atoms with Crippen molar-refractivity contribution in [2.24, 2.45) is 0 Å². The summed E-state index contributed by atoms with van der Waals surface area (Å²) in [6, 6.07) is 10.7. The summed E-state index contributed by atoms with van der Waals surface area (Å²) < 4.78 is 0. The zero-order chi connectivity index (χ0) is 8.65. The van der Waals surface area contributed by atoms with Crippen molar-refractivity contribution in [1.82, 2.24) is 0 Å². The van der Waals surface area contributed by atoms with Crippen molar-refractivity contribution in [3.05, 3.63) is 35.9 Å². The molecule has 0 heterocycles. The molecule has 0 aromatic heterocycles. The van der Waals surface area contributed by atoms with Gasteiger partial charge in [-0.1, -0.05) is 0 Å². The van der Waals surface area contributed by atoms with E-state index in [1.165, 1.54) is 28.6 Å². The molecule has 0 bridgehead atoms. The maximum absolute atomic E-state index is 2.24. The first-order valence-electron chi connectivity index (χ1n) is 4.55. The number of thioether (sulfide) groups is 1. The minimum atomic E-state index is 1.17. The Morgan fingerprint density at radius 3 is 2.58 bits per heavy atom. The fraction of sp³-hybridized carbons (Fsp3) is 0.400. The van der Waals surface area contributed by atoms with E-state index in [9.17, 15) is 0 Å². The molecular formula is C10H13LiS. The average molecular weight is 172 g/mol. The van der Waals surface area contributed by atoms with Crippen LogP contribution in [0.3, 0.4) is 0 Å². The monoisotopic (exact) mass is 172 g/mol. The average Bonchev–Trinajstić information content (AvgIpc) is 2.14. The van der Waals surface area contributed by atoms with Crippen LogP contribution in [0.4, 0.5) is 0 Å². The molecule has 1 aromatic carbocycles. The molecule has 12 heavy (non-hydrogen) atoms. The van der Waals surface area contributed by atoms with Crippen LogP contribution in [0.25, 0.3) is 0 Å². The number of hydrogen-bond donors (Lipinski definition) is 0. The quantitative estimate of drug-likeness (QED) is 0.486. The molecule has 0 saturated heterocycles. The van der Waals surface area contributed by atoms with Gasteiger partial charge in [-0.2, -0.15) is 0 Å². The number of rotatable bonds is 5. The van der Waals surface area contributed by atoms with Crippen LogP contribution in [0.5, 0.6) is 0 Å². The van der Waals surface area contributed by atoms with Gasteiger partial charge in [-0.3, -0.25) is 0 Å². The zero-order valence-electron chi connectivity index (χ0n) is 7.62. The molecule has 0 nitrogen and oxygen atoms in total. The summed E-state index contributed by atoms with van der Waals surface area (Å²) in [6.45, 7) is 0. The van der Waals surface area contributed by atoms with Gasteiger partial charge in [0.15, 0.2) is 0 Å². The van der Waals surface area contributed by atoms with Crippen LogP contribution in [0, 0.1) is 0 Å². The van der Waals surface area contributed by atoms with Gasteiger partial charge >= 0.3 is 88.4 Å². The van der Waals surface area contributed by atoms with Gasteiger partial charge < -0.3 is 0 Å². The van der Waals surface area contributed by atoms with Crippen LogP contribution in [0.1, 0.15) is 12.0 Å². The Balaban J connectivity index is 2.16. The summed E-state index contributed by atoms with van der Waals surface area (Å²) in [5.41, 5.74) is 1.44. The van der Waals surface area contributed by atoms with Crippen LogP contribution >= 0.6 is 11.8 Å². The molecule has 0 amide bonds. The summed E-state index contributed by atoms with van der Waals surface area (Å²) in [5.74, 6) is 2.46. The van der Waals surface area contributed by atoms with E-state index in [4.69, 9.17) is 0 Å². The van der Waals surface area contributed by atoms with Gasteiger partial charge in [0.1, 0.15) is 0 Å². The van der Waals surface area contributed by atoms with Crippen molar-refractivity contribution < 1.29 is 0 Å². The molecule has 0 aliphatic rings. The maximum atomic E-state index is 2.24. The van der Waals surface area contributed by atoms with Gasteiger partial charge in [-0.25, -0.2) is 0 Å². The van der Waals surface area contributed by atoms with Crippen LogP contribution in [0.15, 0.2) is 30.3 Å². The predicted octanol–water partition coefficient (Wildman–Crippen LogP) is 2.90. The molecule has 0 aliphatic heterocycles. The Hall–Kier alpha value is 0.167. The second-order valence-corrected chi connectivity index (χ2v) is 4.00. The molecule has 1 rings (SSSR count). The van der Waals surface area contributed by atoms with E-state index < -0.39 is 0 Å². The third kappa shape index (κ3) is 4.26. The molecule has 1 aromatic rings. The van der Waals surface area contributed by atoms with Crippen molar-refractivity contribution in [2.75, 3.05) is 5.75 Å². The number of hydrogen-bond acceptors (Lipinski definition) is 1. The van der Waals surface area contributed by atoms with Gasteiger partial charge in [-0.15, -0.1) is 0 Å². The fourth-order valence-corrected chi connectivity index (χ4v) is 2.08. The summed E-state index contributed by atoms with van der Waals surface area (Å²) in [7, 11) is 0. The first-order chi connectivity index (χ1) is 5.93. The first kappa shape index (κ1) is 10.2. The Kier molecular flexibility index (Phi) is 5.69. The van der Waals surface area contributed by atoms with Crippen molar-refractivity contribution in [3.8, 4) is 0 Å². The number of benzene rings is 1. The molecule has 60 valence electrons. The van der Waals surface area contributed by atoms with E-state index in [0.29, 0.717) is 0 Å². The van der Waals surface area contributed by atoms with E-state index in [1.54, 1.807) is 0 Å². The SMILES string of the molecule is [Li][CH2]CCSCc1ccccc1. The minimum absolute atomic E-state index is 1.17. The van der Waals surface area contributed by atoms with Crippen molar-refractivity contribution >= 4 is 29.5 Å². The van der Waals surface area contributed by atoms with Gasteiger partial charge in [0, 0.05) is 0 Å². The summed E-state index contributed by atoms with van der Waals surface area (Å²) in [6.07, 6.45) is 1.34. The summed E-state index contributed by atoms with van der Waals surface area (Å²) in [4.78, 5) is 0. The molecular weight excluding hydrogens is 159 g/mol. The molecule has 0 aliphatic carbocycles. The van der Waals surface area contributed by atoms with Crippen LogP contribution in [0.2, 0.25) is 5.09 Å². The van der Waals surface area contributed by atoms with Crippen molar-refractivity contribution in [3.63, 3.8) is 0 Å². The van der Waals surface area contributed by atoms with E-state index in [-0.39, 0.29) is 0 Å². The van der Waals surface area contributed by atoms with Gasteiger partial charge in [0.05, 0.1) is 0 Å². The topological polar surface area (TPSA) is 0 Å². The molecule has 0 saturated carbocycles. The van der Waals surface area contributed by atoms with E-state index in [1.807, 2.05) is 11.8 Å². The summed E-state index contributed by atoms with van der Waals surface area (Å²) in [5, 5.41) is 1.31. The molecule has 0 atom stereocenters. The Bertz CT molecular complexity index is 198. The summed E-state index contributed by atoms with van der Waals surface area (Å²) >= 11 is 4.27. The second-order valence-electron chi connectivity index (χ2n) is 2.89. The van der Waals surface area contributed by atoms with Crippen LogP contribution in [-0.4, -0.2) is 23.5 Å². The van der Waals surface area contributed by atoms with E-state index in [2.05, 4.69) is 48.0 Å². The molecule has 0 spiro atoms. The third-order valence-electron chi connectivity index (χ3n) is 1.75. The van der Waals surface area contributed by atoms with Crippen LogP contribution in [-0.2, 0) is 5.75 Å². The zero-order valence-corrected chi connectivity index (χ0v) is 8.44. The predicted molar refractivity (Wildman–Crippen MR) is 57.8 cm³/mol. The van der Waals surface area contributed by atoms with Crippen LogP contribution < -0.4 is 0 Å². The Morgan fingerprint density at radius 1 is 1.17 bits per heavy atom. The van der Waals surface area contributed by atoms with Crippen molar-refractivity contribution in [1.29, 1.82) is 0 Å². The Morgan fingerprint density at radius 2 is 1.92 bits per heavy atom. The van der Waals surface area contributed by atoms with E-state index in [0.717, 1.165) is 0 Å². The third-order valence-corrected chi connectivity index (χ3v) is 2.87. The first-order valence-corrected chi connectivity index (χ1v) is 5.70. The fourth-order valence-electron chi connectivity index (χ4n) is 1.01. The molecule has 0 unspecified atom stereocenters.